The normalized spacial score (nSPS) is 11.4. The maximum absolute atomic E-state index is 10.4. The Morgan fingerprint density at radius 2 is 2.00 bits per heavy atom. The fourth-order valence-electron chi connectivity index (χ4n) is 0.574. The van der Waals surface area contributed by atoms with Crippen LogP contribution in [0.2, 0.25) is 0 Å². The zero-order valence-corrected chi connectivity index (χ0v) is 7.22. The van der Waals surface area contributed by atoms with Crippen molar-refractivity contribution < 1.29 is 22.9 Å². The average Bonchev–Trinajstić information content (AvgIpc) is 2.30. The van der Waals surface area contributed by atoms with Crippen LogP contribution in [0.4, 0.5) is 0 Å². The Hall–Kier alpha value is -0.920. The van der Waals surface area contributed by atoms with E-state index in [2.05, 4.69) is 0 Å². The van der Waals surface area contributed by atoms with Gasteiger partial charge in [-0.3, -0.25) is 4.55 Å². The zero-order valence-electron chi connectivity index (χ0n) is 5.59. The predicted molar refractivity (Wildman–Crippen MR) is 41.1 cm³/mol. The molecular weight excluding hydrogens is 204 g/mol. The van der Waals surface area contributed by atoms with Gasteiger partial charge in [-0.25, -0.2) is 4.79 Å². The van der Waals surface area contributed by atoms with E-state index in [9.17, 15) is 13.2 Å². The Balaban J connectivity index is 3.17. The molecule has 0 aliphatic carbocycles. The molecule has 0 saturated heterocycles. The molecule has 0 spiro atoms. The molecule has 0 fully saturated rings. The number of aromatic carboxylic acids is 1. The van der Waals surface area contributed by atoms with E-state index in [1.807, 2.05) is 0 Å². The van der Waals surface area contributed by atoms with Crippen molar-refractivity contribution in [3.63, 3.8) is 0 Å². The van der Waals surface area contributed by atoms with Crippen LogP contribution in [-0.4, -0.2) is 24.0 Å². The van der Waals surface area contributed by atoms with Gasteiger partial charge in [0.25, 0.3) is 0 Å². The van der Waals surface area contributed by atoms with Crippen molar-refractivity contribution in [1.82, 2.24) is 0 Å². The van der Waals surface area contributed by atoms with Crippen LogP contribution in [-0.2, 0) is 10.1 Å². The minimum Gasteiger partial charge on any atom is -0.477 e. The van der Waals surface area contributed by atoms with Crippen molar-refractivity contribution in [2.75, 3.05) is 0 Å². The van der Waals surface area contributed by atoms with E-state index in [-0.39, 0.29) is 9.09 Å². The molecule has 66 valence electrons. The Morgan fingerprint density at radius 1 is 1.42 bits per heavy atom. The highest BCUT2D eigenvalue weighted by molar-refractivity contribution is 7.88. The van der Waals surface area contributed by atoms with E-state index < -0.39 is 16.1 Å². The summed E-state index contributed by atoms with van der Waals surface area (Å²) in [6.07, 6.45) is 0. The first-order valence-corrected chi connectivity index (χ1v) is 4.97. The van der Waals surface area contributed by atoms with E-state index in [4.69, 9.17) is 9.66 Å². The third-order valence-electron chi connectivity index (χ3n) is 1.05. The number of rotatable bonds is 2. The van der Waals surface area contributed by atoms with Gasteiger partial charge >= 0.3 is 16.1 Å². The van der Waals surface area contributed by atoms with Crippen molar-refractivity contribution in [3.8, 4) is 0 Å². The molecule has 0 radical (unpaired) electrons. The lowest BCUT2D eigenvalue weighted by molar-refractivity contribution is 0.0702. The predicted octanol–water partition coefficient (Wildman–Crippen LogP) is 0.693. The lowest BCUT2D eigenvalue weighted by atomic mass is 10.5. The van der Waals surface area contributed by atoms with E-state index in [0.717, 1.165) is 12.1 Å². The molecule has 0 saturated carbocycles. The van der Waals surface area contributed by atoms with E-state index in [1.165, 1.54) is 0 Å². The summed E-state index contributed by atoms with van der Waals surface area (Å²) >= 11 is 0.510. The number of thiophene rings is 1. The maximum atomic E-state index is 10.4. The molecule has 7 heteroatoms. The van der Waals surface area contributed by atoms with Crippen LogP contribution < -0.4 is 0 Å². The van der Waals surface area contributed by atoms with Crippen molar-refractivity contribution in [2.24, 2.45) is 0 Å². The molecule has 0 aliphatic heterocycles. The fourth-order valence-corrected chi connectivity index (χ4v) is 2.08. The van der Waals surface area contributed by atoms with Gasteiger partial charge in [0.2, 0.25) is 0 Å². The molecule has 0 bridgehead atoms. The molecule has 0 aliphatic rings. The molecule has 1 rings (SSSR count). The van der Waals surface area contributed by atoms with Crippen molar-refractivity contribution in [3.05, 3.63) is 17.0 Å². The first kappa shape index (κ1) is 9.17. The van der Waals surface area contributed by atoms with Gasteiger partial charge in [-0.05, 0) is 12.1 Å². The minimum absolute atomic E-state index is 0.123. The summed E-state index contributed by atoms with van der Waals surface area (Å²) in [5.41, 5.74) is 0. The topological polar surface area (TPSA) is 91.7 Å². The standard InChI is InChI=1S/C5H4O5S2/c6-5(7)3-1-2-4(11-3)12(8,9)10/h1-2H,(H,6,7)(H,8,9,10). The lowest BCUT2D eigenvalue weighted by Gasteiger charge is -1.86. The summed E-state index contributed by atoms with van der Waals surface area (Å²) in [5, 5.41) is 8.40. The summed E-state index contributed by atoms with van der Waals surface area (Å²) in [4.78, 5) is 10.2. The van der Waals surface area contributed by atoms with Gasteiger partial charge in [0, 0.05) is 0 Å². The van der Waals surface area contributed by atoms with Gasteiger partial charge in [0.15, 0.2) is 0 Å². The summed E-state index contributed by atoms with van der Waals surface area (Å²) < 4.78 is 29.0. The molecule has 1 aromatic heterocycles. The summed E-state index contributed by atoms with van der Waals surface area (Å²) in [5.74, 6) is -1.21. The first-order valence-electron chi connectivity index (χ1n) is 2.72. The molecule has 1 aromatic rings. The van der Waals surface area contributed by atoms with Gasteiger partial charge in [-0.15, -0.1) is 11.3 Å². The molecule has 12 heavy (non-hydrogen) atoms. The minimum atomic E-state index is -4.26. The van der Waals surface area contributed by atoms with Crippen LogP contribution in [0.5, 0.6) is 0 Å². The molecule has 5 nitrogen and oxygen atoms in total. The van der Waals surface area contributed by atoms with Crippen LogP contribution >= 0.6 is 11.3 Å². The summed E-state index contributed by atoms with van der Waals surface area (Å²) in [6, 6.07) is 2.17. The largest absolute Gasteiger partial charge is 0.477 e. The second-order valence-electron chi connectivity index (χ2n) is 1.90. The van der Waals surface area contributed by atoms with Gasteiger partial charge in [-0.1, -0.05) is 0 Å². The van der Waals surface area contributed by atoms with Crippen LogP contribution in [0.1, 0.15) is 9.67 Å². The molecule has 0 aromatic carbocycles. The summed E-state index contributed by atoms with van der Waals surface area (Å²) in [7, 11) is -4.26. The number of hydrogen-bond acceptors (Lipinski definition) is 4. The SMILES string of the molecule is O=C(O)c1ccc(S(=O)(=O)O)s1. The van der Waals surface area contributed by atoms with Crippen LogP contribution in [0.25, 0.3) is 0 Å². The molecule has 0 amide bonds. The fraction of sp³-hybridized carbons (Fsp3) is 0. The van der Waals surface area contributed by atoms with E-state index in [1.54, 1.807) is 0 Å². The Bertz CT molecular complexity index is 401. The highest BCUT2D eigenvalue weighted by Crippen LogP contribution is 2.20. The zero-order chi connectivity index (χ0) is 9.35. The Morgan fingerprint density at radius 3 is 2.25 bits per heavy atom. The second-order valence-corrected chi connectivity index (χ2v) is 4.63. The smallest absolute Gasteiger partial charge is 0.345 e. The monoisotopic (exact) mass is 208 g/mol. The van der Waals surface area contributed by atoms with Gasteiger partial charge in [-0.2, -0.15) is 8.42 Å². The quantitative estimate of drug-likeness (QED) is 0.698. The maximum Gasteiger partial charge on any atom is 0.345 e. The first-order chi connectivity index (χ1) is 5.41. The van der Waals surface area contributed by atoms with E-state index >= 15 is 0 Å². The number of hydrogen-bond donors (Lipinski definition) is 2. The van der Waals surface area contributed by atoms with Gasteiger partial charge in [0.05, 0.1) is 0 Å². The van der Waals surface area contributed by atoms with Gasteiger partial charge < -0.3 is 5.11 Å². The van der Waals surface area contributed by atoms with Crippen LogP contribution in [0.3, 0.4) is 0 Å². The average molecular weight is 208 g/mol. The summed E-state index contributed by atoms with van der Waals surface area (Å²) in [6.45, 7) is 0. The lowest BCUT2D eigenvalue weighted by Crippen LogP contribution is -1.93. The van der Waals surface area contributed by atoms with Crippen molar-refractivity contribution in [2.45, 2.75) is 4.21 Å². The third kappa shape index (κ3) is 1.81. The molecule has 0 unspecified atom stereocenters. The molecule has 0 atom stereocenters. The van der Waals surface area contributed by atoms with E-state index in [0.29, 0.717) is 11.3 Å². The van der Waals surface area contributed by atoms with Crippen LogP contribution in [0, 0.1) is 0 Å². The van der Waals surface area contributed by atoms with Crippen molar-refractivity contribution >= 4 is 27.4 Å². The van der Waals surface area contributed by atoms with Crippen LogP contribution in [0.15, 0.2) is 16.3 Å². The molecule has 2 N–H and O–H groups in total. The van der Waals surface area contributed by atoms with Gasteiger partial charge in [0.1, 0.15) is 9.09 Å². The highest BCUT2D eigenvalue weighted by Gasteiger charge is 2.15. The third-order valence-corrected chi connectivity index (χ3v) is 3.44. The highest BCUT2D eigenvalue weighted by atomic mass is 32.3. The molecular formula is C5H4O5S2. The Kier molecular flexibility index (Phi) is 2.18. The Labute approximate surface area is 72.0 Å². The number of carboxylic acids is 1. The number of carbonyl (C=O) groups is 1. The number of carboxylic acid groups (broad SMARTS) is 1. The van der Waals surface area contributed by atoms with Crippen molar-refractivity contribution in [1.29, 1.82) is 0 Å². The second kappa shape index (κ2) is 2.85. The molecule has 1 heterocycles.